The minimum Gasteiger partial charge on any atom is -0.490 e. The van der Waals surface area contributed by atoms with Crippen LogP contribution >= 0.6 is 0 Å². The van der Waals surface area contributed by atoms with Crippen molar-refractivity contribution in [3.63, 3.8) is 0 Å². The van der Waals surface area contributed by atoms with Crippen molar-refractivity contribution in [2.75, 3.05) is 0 Å². The predicted molar refractivity (Wildman–Crippen MR) is 72.6 cm³/mol. The number of fused-ring (bicyclic) bond motifs is 1. The molecule has 0 saturated carbocycles. The zero-order valence-corrected chi connectivity index (χ0v) is 10.6. The van der Waals surface area contributed by atoms with Crippen LogP contribution in [0.1, 0.15) is 22.8 Å². The van der Waals surface area contributed by atoms with Gasteiger partial charge < -0.3 is 9.84 Å². The van der Waals surface area contributed by atoms with Crippen molar-refractivity contribution in [3.8, 4) is 16.9 Å². The Labute approximate surface area is 111 Å². The van der Waals surface area contributed by atoms with Gasteiger partial charge in [-0.3, -0.25) is 0 Å². The molecule has 3 heteroatoms. The van der Waals surface area contributed by atoms with Gasteiger partial charge in [-0.2, -0.15) is 0 Å². The van der Waals surface area contributed by atoms with Gasteiger partial charge in [0, 0.05) is 6.42 Å². The van der Waals surface area contributed by atoms with Gasteiger partial charge in [-0.25, -0.2) is 4.79 Å². The molecular weight excluding hydrogens is 240 g/mol. The van der Waals surface area contributed by atoms with Crippen molar-refractivity contribution in [2.45, 2.75) is 19.4 Å². The maximum absolute atomic E-state index is 11.3. The van der Waals surface area contributed by atoms with E-state index in [1.165, 1.54) is 0 Å². The van der Waals surface area contributed by atoms with Gasteiger partial charge in [0.1, 0.15) is 11.9 Å². The van der Waals surface area contributed by atoms with Crippen molar-refractivity contribution < 1.29 is 14.6 Å². The van der Waals surface area contributed by atoms with Crippen LogP contribution in [-0.2, 0) is 6.42 Å². The summed E-state index contributed by atoms with van der Waals surface area (Å²) in [6, 6.07) is 12.9. The van der Waals surface area contributed by atoms with E-state index in [-0.39, 0.29) is 6.10 Å². The number of aromatic carboxylic acids is 1. The summed E-state index contributed by atoms with van der Waals surface area (Å²) in [7, 11) is 0. The van der Waals surface area contributed by atoms with Crippen molar-refractivity contribution in [2.24, 2.45) is 0 Å². The molecule has 0 radical (unpaired) electrons. The third kappa shape index (κ3) is 2.08. The summed E-state index contributed by atoms with van der Waals surface area (Å²) in [5.74, 6) is 0.00442. The molecule has 1 aliphatic heterocycles. The third-order valence-corrected chi connectivity index (χ3v) is 3.36. The second kappa shape index (κ2) is 4.43. The quantitative estimate of drug-likeness (QED) is 0.893. The summed E-state index contributed by atoms with van der Waals surface area (Å²) in [4.78, 5) is 11.3. The number of carboxylic acid groups (broad SMARTS) is 1. The number of hydrogen-bond acceptors (Lipinski definition) is 2. The lowest BCUT2D eigenvalue weighted by Crippen LogP contribution is -2.05. The lowest BCUT2D eigenvalue weighted by atomic mass is 9.97. The number of rotatable bonds is 2. The molecule has 1 aliphatic rings. The van der Waals surface area contributed by atoms with E-state index in [0.717, 1.165) is 28.9 Å². The fraction of sp³-hybridized carbons (Fsp3) is 0.188. The lowest BCUT2D eigenvalue weighted by molar-refractivity contribution is 0.0697. The molecule has 0 aromatic heterocycles. The van der Waals surface area contributed by atoms with Gasteiger partial charge in [-0.05, 0) is 41.8 Å². The first-order chi connectivity index (χ1) is 9.15. The zero-order valence-electron chi connectivity index (χ0n) is 10.6. The molecule has 0 bridgehead atoms. The standard InChI is InChI=1S/C16H14O3/c1-10-8-12-9-11(6-7-15(12)19-10)13-4-2-3-5-14(13)16(17)18/h2-7,9-10H,8H2,1H3,(H,17,18). The average Bonchev–Trinajstić information content (AvgIpc) is 2.77. The van der Waals surface area contributed by atoms with Crippen LogP contribution < -0.4 is 4.74 Å². The molecular formula is C16H14O3. The van der Waals surface area contributed by atoms with E-state index in [1.54, 1.807) is 12.1 Å². The summed E-state index contributed by atoms with van der Waals surface area (Å²) in [5, 5.41) is 9.24. The number of carboxylic acids is 1. The predicted octanol–water partition coefficient (Wildman–Crippen LogP) is 3.38. The number of benzene rings is 2. The molecule has 0 amide bonds. The maximum Gasteiger partial charge on any atom is 0.336 e. The summed E-state index contributed by atoms with van der Waals surface area (Å²) in [6.45, 7) is 2.03. The molecule has 1 unspecified atom stereocenters. The maximum atomic E-state index is 11.3. The Hall–Kier alpha value is -2.29. The Morgan fingerprint density at radius 1 is 1.26 bits per heavy atom. The van der Waals surface area contributed by atoms with Crippen LogP contribution in [-0.4, -0.2) is 17.2 Å². The monoisotopic (exact) mass is 254 g/mol. The van der Waals surface area contributed by atoms with Crippen LogP contribution in [0.4, 0.5) is 0 Å². The van der Waals surface area contributed by atoms with E-state index in [9.17, 15) is 9.90 Å². The van der Waals surface area contributed by atoms with Crippen LogP contribution in [0.15, 0.2) is 42.5 Å². The highest BCUT2D eigenvalue weighted by atomic mass is 16.5. The van der Waals surface area contributed by atoms with E-state index in [4.69, 9.17) is 4.74 Å². The first-order valence-electron chi connectivity index (χ1n) is 6.27. The molecule has 3 rings (SSSR count). The highest BCUT2D eigenvalue weighted by Crippen LogP contribution is 2.33. The Kier molecular flexibility index (Phi) is 2.75. The second-order valence-electron chi connectivity index (χ2n) is 4.81. The van der Waals surface area contributed by atoms with Crippen molar-refractivity contribution in [1.82, 2.24) is 0 Å². The van der Waals surface area contributed by atoms with Gasteiger partial charge >= 0.3 is 5.97 Å². The fourth-order valence-corrected chi connectivity index (χ4v) is 2.51. The molecule has 1 atom stereocenters. The first kappa shape index (κ1) is 11.8. The largest absolute Gasteiger partial charge is 0.490 e. The molecule has 2 aromatic rings. The van der Waals surface area contributed by atoms with Crippen molar-refractivity contribution in [3.05, 3.63) is 53.6 Å². The summed E-state index contributed by atoms with van der Waals surface area (Å²) in [5.41, 5.74) is 3.14. The van der Waals surface area contributed by atoms with Gasteiger partial charge in [-0.15, -0.1) is 0 Å². The van der Waals surface area contributed by atoms with Gasteiger partial charge in [0.15, 0.2) is 0 Å². The van der Waals surface area contributed by atoms with Gasteiger partial charge in [0.2, 0.25) is 0 Å². The highest BCUT2D eigenvalue weighted by molar-refractivity contribution is 5.96. The van der Waals surface area contributed by atoms with Crippen LogP contribution in [0.25, 0.3) is 11.1 Å². The van der Waals surface area contributed by atoms with E-state index < -0.39 is 5.97 Å². The van der Waals surface area contributed by atoms with E-state index >= 15 is 0 Å². The van der Waals surface area contributed by atoms with Crippen LogP contribution in [0, 0.1) is 0 Å². The van der Waals surface area contributed by atoms with E-state index in [2.05, 4.69) is 0 Å². The second-order valence-corrected chi connectivity index (χ2v) is 4.81. The highest BCUT2D eigenvalue weighted by Gasteiger charge is 2.20. The number of ether oxygens (including phenoxy) is 1. The molecule has 0 saturated heterocycles. The van der Waals surface area contributed by atoms with Crippen LogP contribution in [0.3, 0.4) is 0 Å². The van der Waals surface area contributed by atoms with E-state index in [1.807, 2.05) is 37.3 Å². The minimum absolute atomic E-state index is 0.194. The number of hydrogen-bond donors (Lipinski definition) is 1. The van der Waals surface area contributed by atoms with Gasteiger partial charge in [0.05, 0.1) is 5.56 Å². The Balaban J connectivity index is 2.09. The van der Waals surface area contributed by atoms with Crippen LogP contribution in [0.5, 0.6) is 5.75 Å². The lowest BCUT2D eigenvalue weighted by Gasteiger charge is -2.07. The normalized spacial score (nSPS) is 16.8. The average molecular weight is 254 g/mol. The Bertz CT molecular complexity index is 646. The van der Waals surface area contributed by atoms with Crippen molar-refractivity contribution in [1.29, 1.82) is 0 Å². The molecule has 0 aliphatic carbocycles. The summed E-state index contributed by atoms with van der Waals surface area (Å²) >= 11 is 0. The molecule has 19 heavy (non-hydrogen) atoms. The molecule has 1 N–H and O–H groups in total. The summed E-state index contributed by atoms with van der Waals surface area (Å²) in [6.07, 6.45) is 1.07. The first-order valence-corrected chi connectivity index (χ1v) is 6.27. The van der Waals surface area contributed by atoms with Crippen LogP contribution in [0.2, 0.25) is 0 Å². The zero-order chi connectivity index (χ0) is 13.4. The topological polar surface area (TPSA) is 46.5 Å². The minimum atomic E-state index is -0.902. The Morgan fingerprint density at radius 3 is 2.84 bits per heavy atom. The molecule has 3 nitrogen and oxygen atoms in total. The molecule has 1 heterocycles. The van der Waals surface area contributed by atoms with Gasteiger partial charge in [-0.1, -0.05) is 24.3 Å². The molecule has 2 aromatic carbocycles. The SMILES string of the molecule is CC1Cc2cc(-c3ccccc3C(=O)O)ccc2O1. The molecule has 0 spiro atoms. The fourth-order valence-electron chi connectivity index (χ4n) is 2.51. The summed E-state index contributed by atoms with van der Waals surface area (Å²) < 4.78 is 5.66. The number of carbonyl (C=O) groups is 1. The molecule has 0 fully saturated rings. The van der Waals surface area contributed by atoms with Gasteiger partial charge in [0.25, 0.3) is 0 Å². The van der Waals surface area contributed by atoms with Crippen molar-refractivity contribution >= 4 is 5.97 Å². The third-order valence-electron chi connectivity index (χ3n) is 3.36. The Morgan fingerprint density at radius 2 is 2.05 bits per heavy atom. The molecule has 96 valence electrons. The van der Waals surface area contributed by atoms with E-state index in [0.29, 0.717) is 5.56 Å². The smallest absolute Gasteiger partial charge is 0.336 e.